The lowest BCUT2D eigenvalue weighted by Crippen LogP contribution is -1.87. The number of nitrogens with zero attached hydrogens (tertiary/aromatic N) is 1. The van der Waals surface area contributed by atoms with Crippen molar-refractivity contribution in [3.05, 3.63) is 78.5 Å². The van der Waals surface area contributed by atoms with E-state index < -0.39 is 0 Å². The molecule has 1 aromatic heterocycles. The molecule has 1 heterocycles. The molecule has 0 fully saturated rings. The zero-order valence-corrected chi connectivity index (χ0v) is 12.4. The van der Waals surface area contributed by atoms with Gasteiger partial charge in [0, 0.05) is 5.75 Å². The van der Waals surface area contributed by atoms with Crippen LogP contribution in [0.25, 0.3) is 11.1 Å². The summed E-state index contributed by atoms with van der Waals surface area (Å²) in [6, 6.07) is 22.9. The molecule has 0 unspecified atom stereocenters. The molecular formula is C18H16N2S. The van der Waals surface area contributed by atoms with E-state index in [1.807, 2.05) is 18.2 Å². The van der Waals surface area contributed by atoms with Crippen molar-refractivity contribution in [2.75, 3.05) is 5.73 Å². The maximum Gasteiger partial charge on any atom is 0.0964 e. The first-order chi connectivity index (χ1) is 10.3. The summed E-state index contributed by atoms with van der Waals surface area (Å²) in [5.41, 5.74) is 10.1. The van der Waals surface area contributed by atoms with Gasteiger partial charge < -0.3 is 5.73 Å². The molecule has 0 aliphatic carbocycles. The zero-order valence-electron chi connectivity index (χ0n) is 11.6. The molecule has 0 spiro atoms. The lowest BCUT2D eigenvalue weighted by Gasteiger charge is -2.05. The lowest BCUT2D eigenvalue weighted by atomic mass is 10.0. The van der Waals surface area contributed by atoms with Gasteiger partial charge in [-0.05, 0) is 28.8 Å². The number of anilines is 1. The second kappa shape index (κ2) is 6.46. The van der Waals surface area contributed by atoms with Gasteiger partial charge >= 0.3 is 0 Å². The predicted molar refractivity (Wildman–Crippen MR) is 90.1 cm³/mol. The summed E-state index contributed by atoms with van der Waals surface area (Å²) in [4.78, 5) is 4.30. The van der Waals surface area contributed by atoms with Crippen molar-refractivity contribution >= 4 is 17.4 Å². The maximum atomic E-state index is 5.63. The van der Waals surface area contributed by atoms with Gasteiger partial charge in [0.05, 0.1) is 16.9 Å². The number of hydrogen-bond donors (Lipinski definition) is 1. The minimum absolute atomic E-state index is 0.701. The number of nitrogens with two attached hydrogens (primary N) is 1. The third-order valence-electron chi connectivity index (χ3n) is 3.21. The van der Waals surface area contributed by atoms with Crippen molar-refractivity contribution in [1.29, 1.82) is 0 Å². The number of aromatic nitrogens is 1. The zero-order chi connectivity index (χ0) is 14.5. The Hall–Kier alpha value is -2.26. The fourth-order valence-electron chi connectivity index (χ4n) is 2.06. The van der Waals surface area contributed by atoms with Gasteiger partial charge in [0.2, 0.25) is 0 Å². The smallest absolute Gasteiger partial charge is 0.0964 e. The van der Waals surface area contributed by atoms with E-state index in [4.69, 9.17) is 5.73 Å². The molecule has 104 valence electrons. The summed E-state index contributed by atoms with van der Waals surface area (Å²) >= 11 is 1.72. The molecule has 2 aromatic carbocycles. The highest BCUT2D eigenvalue weighted by molar-refractivity contribution is 7.98. The molecule has 0 radical (unpaired) electrons. The van der Waals surface area contributed by atoms with Crippen molar-refractivity contribution in [2.45, 2.75) is 10.8 Å². The monoisotopic (exact) mass is 292 g/mol. The van der Waals surface area contributed by atoms with E-state index in [1.54, 1.807) is 18.0 Å². The Morgan fingerprint density at radius 1 is 0.810 bits per heavy atom. The first kappa shape index (κ1) is 13.7. The van der Waals surface area contributed by atoms with Crippen LogP contribution in [0.1, 0.15) is 5.56 Å². The van der Waals surface area contributed by atoms with Crippen molar-refractivity contribution in [2.24, 2.45) is 0 Å². The van der Waals surface area contributed by atoms with Crippen LogP contribution in [0.15, 0.2) is 78.0 Å². The van der Waals surface area contributed by atoms with E-state index in [2.05, 4.69) is 53.5 Å². The predicted octanol–water partition coefficient (Wildman–Crippen LogP) is 4.62. The van der Waals surface area contributed by atoms with E-state index in [1.165, 1.54) is 16.7 Å². The summed E-state index contributed by atoms with van der Waals surface area (Å²) in [5.74, 6) is 0.909. The summed E-state index contributed by atoms with van der Waals surface area (Å²) in [6.45, 7) is 0. The molecule has 0 bridgehead atoms. The number of pyridine rings is 1. The number of hydrogen-bond acceptors (Lipinski definition) is 3. The molecule has 0 amide bonds. The van der Waals surface area contributed by atoms with Gasteiger partial charge in [-0.2, -0.15) is 0 Å². The SMILES string of the molecule is Nc1ccc(SCc2ccc(-c3ccccc3)cc2)nc1. The molecule has 0 saturated carbocycles. The summed E-state index contributed by atoms with van der Waals surface area (Å²) in [5, 5.41) is 0.997. The van der Waals surface area contributed by atoms with Crippen molar-refractivity contribution in [3.8, 4) is 11.1 Å². The van der Waals surface area contributed by atoms with Crippen LogP contribution in [0, 0.1) is 0 Å². The van der Waals surface area contributed by atoms with Crippen molar-refractivity contribution < 1.29 is 0 Å². The molecule has 0 atom stereocenters. The molecular weight excluding hydrogens is 276 g/mol. The minimum atomic E-state index is 0.701. The van der Waals surface area contributed by atoms with Crippen LogP contribution in [-0.4, -0.2) is 4.98 Å². The van der Waals surface area contributed by atoms with E-state index in [9.17, 15) is 0 Å². The van der Waals surface area contributed by atoms with Gasteiger partial charge in [-0.25, -0.2) is 4.98 Å². The number of rotatable bonds is 4. The Bertz CT molecular complexity index is 692. The van der Waals surface area contributed by atoms with Crippen LogP contribution in [0.5, 0.6) is 0 Å². The number of thioether (sulfide) groups is 1. The molecule has 0 aliphatic rings. The van der Waals surface area contributed by atoms with Gasteiger partial charge in [-0.3, -0.25) is 0 Å². The Kier molecular flexibility index (Phi) is 4.22. The standard InChI is InChI=1S/C18H16N2S/c19-17-10-11-18(20-12-17)21-13-14-6-8-16(9-7-14)15-4-2-1-3-5-15/h1-12H,13,19H2. The molecule has 3 aromatic rings. The third kappa shape index (κ3) is 3.64. The second-order valence-electron chi connectivity index (χ2n) is 4.78. The van der Waals surface area contributed by atoms with Gasteiger partial charge in [0.25, 0.3) is 0 Å². The van der Waals surface area contributed by atoms with Gasteiger partial charge in [-0.1, -0.05) is 54.6 Å². The van der Waals surface area contributed by atoms with Crippen LogP contribution in [0.2, 0.25) is 0 Å². The molecule has 0 aliphatic heterocycles. The first-order valence-corrected chi connectivity index (χ1v) is 7.78. The van der Waals surface area contributed by atoms with E-state index in [0.717, 1.165) is 10.8 Å². The van der Waals surface area contributed by atoms with Gasteiger partial charge in [0.1, 0.15) is 0 Å². The number of nitrogen functional groups attached to an aromatic ring is 1. The lowest BCUT2D eigenvalue weighted by molar-refractivity contribution is 1.13. The van der Waals surface area contributed by atoms with E-state index >= 15 is 0 Å². The van der Waals surface area contributed by atoms with Crippen LogP contribution >= 0.6 is 11.8 Å². The minimum Gasteiger partial charge on any atom is -0.397 e. The van der Waals surface area contributed by atoms with Crippen LogP contribution in [0.3, 0.4) is 0 Å². The van der Waals surface area contributed by atoms with E-state index in [0.29, 0.717) is 5.69 Å². The van der Waals surface area contributed by atoms with Crippen molar-refractivity contribution in [1.82, 2.24) is 4.98 Å². The van der Waals surface area contributed by atoms with Gasteiger partial charge in [0.15, 0.2) is 0 Å². The fourth-order valence-corrected chi connectivity index (χ4v) is 2.86. The maximum absolute atomic E-state index is 5.63. The first-order valence-electron chi connectivity index (χ1n) is 6.80. The summed E-state index contributed by atoms with van der Waals surface area (Å²) in [7, 11) is 0. The summed E-state index contributed by atoms with van der Waals surface area (Å²) < 4.78 is 0. The molecule has 2 nitrogen and oxygen atoms in total. The fraction of sp³-hybridized carbons (Fsp3) is 0.0556. The highest BCUT2D eigenvalue weighted by Crippen LogP contribution is 2.24. The number of benzene rings is 2. The van der Waals surface area contributed by atoms with Crippen LogP contribution in [0.4, 0.5) is 5.69 Å². The quantitative estimate of drug-likeness (QED) is 0.713. The van der Waals surface area contributed by atoms with Crippen LogP contribution < -0.4 is 5.73 Å². The molecule has 21 heavy (non-hydrogen) atoms. The second-order valence-corrected chi connectivity index (χ2v) is 5.78. The van der Waals surface area contributed by atoms with E-state index in [-0.39, 0.29) is 0 Å². The Morgan fingerprint density at radius 2 is 1.52 bits per heavy atom. The van der Waals surface area contributed by atoms with Crippen LogP contribution in [-0.2, 0) is 5.75 Å². The van der Waals surface area contributed by atoms with Crippen molar-refractivity contribution in [3.63, 3.8) is 0 Å². The van der Waals surface area contributed by atoms with Gasteiger partial charge in [-0.15, -0.1) is 11.8 Å². The highest BCUT2D eigenvalue weighted by Gasteiger charge is 2.00. The summed E-state index contributed by atoms with van der Waals surface area (Å²) in [6.07, 6.45) is 1.70. The molecule has 2 N–H and O–H groups in total. The highest BCUT2D eigenvalue weighted by atomic mass is 32.2. The molecule has 0 saturated heterocycles. The Labute approximate surface area is 129 Å². The Morgan fingerprint density at radius 3 is 2.19 bits per heavy atom. The average Bonchev–Trinajstić information content (AvgIpc) is 2.56. The topological polar surface area (TPSA) is 38.9 Å². The normalized spacial score (nSPS) is 10.5. The largest absolute Gasteiger partial charge is 0.397 e. The molecule has 3 heteroatoms. The Balaban J connectivity index is 1.66. The average molecular weight is 292 g/mol. The molecule has 3 rings (SSSR count). The third-order valence-corrected chi connectivity index (χ3v) is 4.22.